The first-order chi connectivity index (χ1) is 7.09. The lowest BCUT2D eigenvalue weighted by molar-refractivity contribution is 0.206. The Hall–Kier alpha value is -1.09. The third-order valence-corrected chi connectivity index (χ3v) is 3.27. The zero-order chi connectivity index (χ0) is 10.9. The maximum Gasteiger partial charge on any atom is 0.136 e. The lowest BCUT2D eigenvalue weighted by Crippen LogP contribution is -2.47. The molecule has 0 spiro atoms. The van der Waals surface area contributed by atoms with Crippen LogP contribution in [0.2, 0.25) is 0 Å². The molecule has 0 radical (unpaired) electrons. The van der Waals surface area contributed by atoms with Crippen LogP contribution in [0.3, 0.4) is 0 Å². The summed E-state index contributed by atoms with van der Waals surface area (Å²) in [5.41, 5.74) is 2.01. The maximum atomic E-state index is 9.35. The molecule has 15 heavy (non-hydrogen) atoms. The van der Waals surface area contributed by atoms with Gasteiger partial charge in [0.25, 0.3) is 0 Å². The van der Waals surface area contributed by atoms with Gasteiger partial charge in [-0.3, -0.25) is 4.98 Å². The summed E-state index contributed by atoms with van der Waals surface area (Å²) < 4.78 is 0. The Morgan fingerprint density at radius 3 is 2.73 bits per heavy atom. The molecule has 3 nitrogen and oxygen atoms in total. The third kappa shape index (κ3) is 2.29. The van der Waals surface area contributed by atoms with E-state index in [0.717, 1.165) is 12.2 Å². The molecular formula is C12H18N2O. The number of pyridine rings is 1. The molecule has 0 unspecified atom stereocenters. The van der Waals surface area contributed by atoms with Crippen molar-refractivity contribution in [1.29, 1.82) is 0 Å². The fourth-order valence-electron chi connectivity index (χ4n) is 1.89. The third-order valence-electron chi connectivity index (χ3n) is 3.27. The van der Waals surface area contributed by atoms with Gasteiger partial charge in [-0.1, -0.05) is 0 Å². The summed E-state index contributed by atoms with van der Waals surface area (Å²) in [6.07, 6.45) is 3.83. The molecule has 0 aromatic carbocycles. The number of aromatic hydroxyl groups is 1. The van der Waals surface area contributed by atoms with Crippen LogP contribution < -0.4 is 5.32 Å². The topological polar surface area (TPSA) is 45.2 Å². The summed E-state index contributed by atoms with van der Waals surface area (Å²) >= 11 is 0. The highest BCUT2D eigenvalue weighted by atomic mass is 16.3. The van der Waals surface area contributed by atoms with E-state index in [0.29, 0.717) is 11.2 Å². The van der Waals surface area contributed by atoms with E-state index in [2.05, 4.69) is 17.2 Å². The molecule has 2 rings (SSSR count). The first kappa shape index (κ1) is 10.4. The van der Waals surface area contributed by atoms with Crippen LogP contribution >= 0.6 is 0 Å². The highest BCUT2D eigenvalue weighted by Gasteiger charge is 2.30. The van der Waals surface area contributed by atoms with Crippen molar-refractivity contribution in [3.05, 3.63) is 23.5 Å². The van der Waals surface area contributed by atoms with Crippen molar-refractivity contribution < 1.29 is 5.11 Å². The minimum atomic E-state index is 0.272. The van der Waals surface area contributed by atoms with Gasteiger partial charge in [0.2, 0.25) is 0 Å². The molecule has 1 aromatic rings. The van der Waals surface area contributed by atoms with Crippen LogP contribution in [-0.2, 0) is 6.54 Å². The van der Waals surface area contributed by atoms with E-state index in [1.54, 1.807) is 6.07 Å². The molecule has 0 bridgehead atoms. The molecule has 2 N–H and O–H groups in total. The highest BCUT2D eigenvalue weighted by molar-refractivity contribution is 5.26. The summed E-state index contributed by atoms with van der Waals surface area (Å²) in [5, 5.41) is 12.9. The second-order valence-electron chi connectivity index (χ2n) is 4.67. The number of aryl methyl sites for hydroxylation is 1. The number of nitrogens with one attached hydrogen (secondary N) is 1. The highest BCUT2D eigenvalue weighted by Crippen LogP contribution is 2.31. The van der Waals surface area contributed by atoms with Crippen molar-refractivity contribution in [3.63, 3.8) is 0 Å². The van der Waals surface area contributed by atoms with Crippen molar-refractivity contribution >= 4 is 0 Å². The van der Waals surface area contributed by atoms with Crippen LogP contribution in [0.1, 0.15) is 37.6 Å². The molecule has 82 valence electrons. The predicted octanol–water partition coefficient (Wildman–Crippen LogP) is 2.13. The van der Waals surface area contributed by atoms with E-state index in [1.807, 2.05) is 13.0 Å². The van der Waals surface area contributed by atoms with E-state index in [-0.39, 0.29) is 5.75 Å². The van der Waals surface area contributed by atoms with E-state index in [9.17, 15) is 5.11 Å². The van der Waals surface area contributed by atoms with Gasteiger partial charge >= 0.3 is 0 Å². The van der Waals surface area contributed by atoms with Crippen molar-refractivity contribution in [2.75, 3.05) is 0 Å². The Kier molecular flexibility index (Phi) is 2.65. The van der Waals surface area contributed by atoms with Crippen LogP contribution in [0, 0.1) is 6.92 Å². The summed E-state index contributed by atoms with van der Waals surface area (Å²) in [6, 6.07) is 3.58. The molecule has 1 aromatic heterocycles. The molecule has 1 saturated carbocycles. The normalized spacial score (nSPS) is 18.5. The summed E-state index contributed by atoms with van der Waals surface area (Å²) in [4.78, 5) is 4.32. The molecule has 1 fully saturated rings. The SMILES string of the molecule is Cc1nc(CNC2(C)CCC2)ccc1O. The minimum absolute atomic E-state index is 0.272. The molecule has 0 atom stereocenters. The van der Waals surface area contributed by atoms with Gasteiger partial charge in [-0.05, 0) is 45.2 Å². The largest absolute Gasteiger partial charge is 0.506 e. The second kappa shape index (κ2) is 3.81. The van der Waals surface area contributed by atoms with Gasteiger partial charge in [0, 0.05) is 12.1 Å². The molecular weight excluding hydrogens is 188 g/mol. The quantitative estimate of drug-likeness (QED) is 0.796. The smallest absolute Gasteiger partial charge is 0.136 e. The van der Waals surface area contributed by atoms with Crippen LogP contribution in [0.4, 0.5) is 0 Å². The fourth-order valence-corrected chi connectivity index (χ4v) is 1.89. The maximum absolute atomic E-state index is 9.35. The molecule has 1 aliphatic rings. The van der Waals surface area contributed by atoms with E-state index < -0.39 is 0 Å². The van der Waals surface area contributed by atoms with E-state index >= 15 is 0 Å². The Morgan fingerprint density at radius 2 is 2.20 bits per heavy atom. The van der Waals surface area contributed by atoms with Crippen molar-refractivity contribution in [3.8, 4) is 5.75 Å². The Morgan fingerprint density at radius 1 is 1.47 bits per heavy atom. The van der Waals surface area contributed by atoms with Crippen molar-refractivity contribution in [2.45, 2.75) is 45.2 Å². The lowest BCUT2D eigenvalue weighted by Gasteiger charge is -2.39. The van der Waals surface area contributed by atoms with Gasteiger partial charge in [0.15, 0.2) is 0 Å². The van der Waals surface area contributed by atoms with Crippen LogP contribution in [-0.4, -0.2) is 15.6 Å². The summed E-state index contributed by atoms with van der Waals surface area (Å²) in [5.74, 6) is 0.272. The van der Waals surface area contributed by atoms with Gasteiger partial charge in [-0.2, -0.15) is 0 Å². The van der Waals surface area contributed by atoms with E-state index in [4.69, 9.17) is 0 Å². The van der Waals surface area contributed by atoms with Gasteiger partial charge in [0.1, 0.15) is 5.75 Å². The van der Waals surface area contributed by atoms with Crippen molar-refractivity contribution in [2.24, 2.45) is 0 Å². The van der Waals surface area contributed by atoms with Crippen LogP contribution in [0.25, 0.3) is 0 Å². The zero-order valence-corrected chi connectivity index (χ0v) is 9.38. The lowest BCUT2D eigenvalue weighted by atomic mass is 9.78. The number of hydrogen-bond donors (Lipinski definition) is 2. The summed E-state index contributed by atoms with van der Waals surface area (Å²) in [7, 11) is 0. The summed E-state index contributed by atoms with van der Waals surface area (Å²) in [6.45, 7) is 4.87. The average Bonchev–Trinajstić information content (AvgIpc) is 2.17. The number of hydrogen-bond acceptors (Lipinski definition) is 3. The molecule has 0 aliphatic heterocycles. The molecule has 3 heteroatoms. The number of aromatic nitrogens is 1. The first-order valence-corrected chi connectivity index (χ1v) is 5.50. The fraction of sp³-hybridized carbons (Fsp3) is 0.583. The van der Waals surface area contributed by atoms with Gasteiger partial charge in [0.05, 0.1) is 11.4 Å². The monoisotopic (exact) mass is 206 g/mol. The van der Waals surface area contributed by atoms with E-state index in [1.165, 1.54) is 19.3 Å². The van der Waals surface area contributed by atoms with Crippen molar-refractivity contribution in [1.82, 2.24) is 10.3 Å². The molecule has 1 aliphatic carbocycles. The minimum Gasteiger partial charge on any atom is -0.506 e. The Bertz CT molecular complexity index is 359. The number of rotatable bonds is 3. The molecule has 0 amide bonds. The average molecular weight is 206 g/mol. The zero-order valence-electron chi connectivity index (χ0n) is 9.38. The molecule has 1 heterocycles. The predicted molar refractivity (Wildman–Crippen MR) is 59.7 cm³/mol. The van der Waals surface area contributed by atoms with Gasteiger partial charge < -0.3 is 10.4 Å². The van der Waals surface area contributed by atoms with Gasteiger partial charge in [-0.25, -0.2) is 0 Å². The second-order valence-corrected chi connectivity index (χ2v) is 4.67. The van der Waals surface area contributed by atoms with Gasteiger partial charge in [-0.15, -0.1) is 0 Å². The Balaban J connectivity index is 1.96. The van der Waals surface area contributed by atoms with Crippen LogP contribution in [0.15, 0.2) is 12.1 Å². The first-order valence-electron chi connectivity index (χ1n) is 5.50. The molecule has 0 saturated heterocycles. The number of nitrogens with zero attached hydrogens (tertiary/aromatic N) is 1. The Labute approximate surface area is 90.5 Å². The standard InChI is InChI=1S/C12H18N2O/c1-9-11(15)5-4-10(14-9)8-13-12(2)6-3-7-12/h4-5,13,15H,3,6-8H2,1-2H3. The van der Waals surface area contributed by atoms with Crippen LogP contribution in [0.5, 0.6) is 5.75 Å².